The average Bonchev–Trinajstić information content (AvgIpc) is 2.83. The minimum atomic E-state index is -0.333. The van der Waals surface area contributed by atoms with Crippen LogP contribution >= 0.6 is 0 Å². The predicted octanol–water partition coefficient (Wildman–Crippen LogP) is 3.02. The van der Waals surface area contributed by atoms with Crippen molar-refractivity contribution in [1.29, 1.82) is 0 Å². The molecule has 1 fully saturated rings. The van der Waals surface area contributed by atoms with E-state index >= 15 is 0 Å². The van der Waals surface area contributed by atoms with E-state index in [1.165, 1.54) is 19.3 Å². The van der Waals surface area contributed by atoms with E-state index in [1.54, 1.807) is 12.1 Å². The van der Waals surface area contributed by atoms with Gasteiger partial charge in [-0.05, 0) is 43.7 Å². The SMILES string of the molecule is CCC1CCC(N)(c2nc3ccc(O)cc3[nH]2)CC1. The van der Waals surface area contributed by atoms with Gasteiger partial charge < -0.3 is 15.8 Å². The minimum Gasteiger partial charge on any atom is -0.508 e. The first kappa shape index (κ1) is 12.5. The highest BCUT2D eigenvalue weighted by Gasteiger charge is 2.35. The van der Waals surface area contributed by atoms with E-state index in [2.05, 4.69) is 16.9 Å². The summed E-state index contributed by atoms with van der Waals surface area (Å²) in [6.07, 6.45) is 5.56. The molecule has 0 radical (unpaired) electrons. The molecule has 1 heterocycles. The van der Waals surface area contributed by atoms with Gasteiger partial charge in [-0.3, -0.25) is 0 Å². The summed E-state index contributed by atoms with van der Waals surface area (Å²) in [6, 6.07) is 5.18. The molecular formula is C15H21N3O. The number of hydrogen-bond donors (Lipinski definition) is 3. The van der Waals surface area contributed by atoms with Gasteiger partial charge in [0.2, 0.25) is 0 Å². The van der Waals surface area contributed by atoms with Crippen molar-refractivity contribution in [3.05, 3.63) is 24.0 Å². The Bertz CT molecular complexity index is 582. The van der Waals surface area contributed by atoms with Crippen LogP contribution in [0.5, 0.6) is 5.75 Å². The van der Waals surface area contributed by atoms with E-state index in [9.17, 15) is 5.11 Å². The highest BCUT2D eigenvalue weighted by molar-refractivity contribution is 5.76. The lowest BCUT2D eigenvalue weighted by Gasteiger charge is -2.35. The van der Waals surface area contributed by atoms with Crippen molar-refractivity contribution >= 4 is 11.0 Å². The third kappa shape index (κ3) is 2.21. The Morgan fingerprint density at radius 3 is 2.84 bits per heavy atom. The number of rotatable bonds is 2. The lowest BCUT2D eigenvalue weighted by atomic mass is 9.76. The number of nitrogens with two attached hydrogens (primary N) is 1. The number of hydrogen-bond acceptors (Lipinski definition) is 3. The second-order valence-electron chi connectivity index (χ2n) is 5.79. The summed E-state index contributed by atoms with van der Waals surface area (Å²) in [4.78, 5) is 7.89. The van der Waals surface area contributed by atoms with Gasteiger partial charge in [-0.25, -0.2) is 4.98 Å². The Morgan fingerprint density at radius 1 is 1.42 bits per heavy atom. The van der Waals surface area contributed by atoms with Crippen molar-refractivity contribution in [2.45, 2.75) is 44.6 Å². The molecule has 1 aliphatic carbocycles. The van der Waals surface area contributed by atoms with Crippen molar-refractivity contribution in [2.24, 2.45) is 11.7 Å². The van der Waals surface area contributed by atoms with Crippen molar-refractivity contribution < 1.29 is 5.11 Å². The van der Waals surface area contributed by atoms with Crippen molar-refractivity contribution in [1.82, 2.24) is 9.97 Å². The number of aromatic nitrogens is 2. The van der Waals surface area contributed by atoms with Crippen LogP contribution in [0.4, 0.5) is 0 Å². The standard InChI is InChI=1S/C15H21N3O/c1-2-10-5-7-15(16,8-6-10)14-17-12-4-3-11(19)9-13(12)18-14/h3-4,9-10,19H,2,5-8,16H2,1H3,(H,17,18). The Balaban J connectivity index is 1.91. The molecule has 2 aromatic rings. The molecule has 0 saturated heterocycles. The number of imidazole rings is 1. The number of benzene rings is 1. The number of H-pyrrole nitrogens is 1. The fourth-order valence-electron chi connectivity index (χ4n) is 3.07. The molecule has 4 N–H and O–H groups in total. The van der Waals surface area contributed by atoms with Crippen LogP contribution in [-0.2, 0) is 5.54 Å². The first-order valence-corrected chi connectivity index (χ1v) is 7.09. The maximum absolute atomic E-state index is 9.50. The summed E-state index contributed by atoms with van der Waals surface area (Å²) >= 11 is 0. The maximum atomic E-state index is 9.50. The molecule has 4 nitrogen and oxygen atoms in total. The zero-order chi connectivity index (χ0) is 13.5. The van der Waals surface area contributed by atoms with Gasteiger partial charge >= 0.3 is 0 Å². The Morgan fingerprint density at radius 2 is 2.16 bits per heavy atom. The van der Waals surface area contributed by atoms with Gasteiger partial charge in [0.1, 0.15) is 11.6 Å². The monoisotopic (exact) mass is 259 g/mol. The smallest absolute Gasteiger partial charge is 0.127 e. The molecule has 0 atom stereocenters. The second kappa shape index (κ2) is 4.53. The van der Waals surface area contributed by atoms with Gasteiger partial charge in [-0.1, -0.05) is 13.3 Å². The molecule has 1 aliphatic rings. The van der Waals surface area contributed by atoms with Crippen LogP contribution in [0.2, 0.25) is 0 Å². The highest BCUT2D eigenvalue weighted by atomic mass is 16.3. The molecule has 0 amide bonds. The Kier molecular flexibility index (Phi) is 2.97. The van der Waals surface area contributed by atoms with Crippen LogP contribution in [0.1, 0.15) is 44.9 Å². The molecular weight excluding hydrogens is 238 g/mol. The Labute approximate surface area is 113 Å². The van der Waals surface area contributed by atoms with E-state index in [0.717, 1.165) is 35.6 Å². The summed E-state index contributed by atoms with van der Waals surface area (Å²) in [7, 11) is 0. The lowest BCUT2D eigenvalue weighted by molar-refractivity contribution is 0.223. The lowest BCUT2D eigenvalue weighted by Crippen LogP contribution is -2.41. The van der Waals surface area contributed by atoms with E-state index < -0.39 is 0 Å². The molecule has 102 valence electrons. The molecule has 3 rings (SSSR count). The summed E-state index contributed by atoms with van der Waals surface area (Å²) in [5, 5.41) is 9.50. The van der Waals surface area contributed by atoms with Crippen LogP contribution in [0, 0.1) is 5.92 Å². The molecule has 0 spiro atoms. The number of nitrogens with one attached hydrogen (secondary N) is 1. The van der Waals surface area contributed by atoms with Crippen molar-refractivity contribution in [3.63, 3.8) is 0 Å². The maximum Gasteiger partial charge on any atom is 0.127 e. The third-order valence-corrected chi connectivity index (χ3v) is 4.51. The van der Waals surface area contributed by atoms with Crippen LogP contribution in [0.3, 0.4) is 0 Å². The van der Waals surface area contributed by atoms with E-state index in [0.29, 0.717) is 0 Å². The number of aromatic hydroxyl groups is 1. The summed E-state index contributed by atoms with van der Waals surface area (Å²) in [6.45, 7) is 2.25. The number of phenols is 1. The largest absolute Gasteiger partial charge is 0.508 e. The van der Waals surface area contributed by atoms with Crippen LogP contribution in [0.15, 0.2) is 18.2 Å². The summed E-state index contributed by atoms with van der Waals surface area (Å²) < 4.78 is 0. The van der Waals surface area contributed by atoms with Gasteiger partial charge in [-0.2, -0.15) is 0 Å². The number of fused-ring (bicyclic) bond motifs is 1. The molecule has 0 unspecified atom stereocenters. The molecule has 4 heteroatoms. The molecule has 1 aromatic carbocycles. The zero-order valence-corrected chi connectivity index (χ0v) is 11.3. The topological polar surface area (TPSA) is 74.9 Å². The Hall–Kier alpha value is -1.55. The van der Waals surface area contributed by atoms with Crippen LogP contribution in [0.25, 0.3) is 11.0 Å². The molecule has 1 aromatic heterocycles. The molecule has 0 aliphatic heterocycles. The van der Waals surface area contributed by atoms with Gasteiger partial charge in [0, 0.05) is 6.07 Å². The zero-order valence-electron chi connectivity index (χ0n) is 11.3. The van der Waals surface area contributed by atoms with Crippen LogP contribution < -0.4 is 5.73 Å². The first-order chi connectivity index (χ1) is 9.10. The predicted molar refractivity (Wildman–Crippen MR) is 75.9 cm³/mol. The number of phenolic OH excluding ortho intramolecular Hbond substituents is 1. The molecule has 1 saturated carbocycles. The third-order valence-electron chi connectivity index (χ3n) is 4.51. The first-order valence-electron chi connectivity index (χ1n) is 7.09. The summed E-state index contributed by atoms with van der Waals surface area (Å²) in [5.41, 5.74) is 7.94. The van der Waals surface area contributed by atoms with Gasteiger partial charge in [-0.15, -0.1) is 0 Å². The van der Waals surface area contributed by atoms with Gasteiger partial charge in [0.05, 0.1) is 16.6 Å². The van der Waals surface area contributed by atoms with Gasteiger partial charge in [0.15, 0.2) is 0 Å². The molecule has 19 heavy (non-hydrogen) atoms. The van der Waals surface area contributed by atoms with E-state index in [-0.39, 0.29) is 11.3 Å². The van der Waals surface area contributed by atoms with Crippen LogP contribution in [-0.4, -0.2) is 15.1 Å². The normalized spacial score (nSPS) is 27.8. The fraction of sp³-hybridized carbons (Fsp3) is 0.533. The van der Waals surface area contributed by atoms with Gasteiger partial charge in [0.25, 0.3) is 0 Å². The fourth-order valence-corrected chi connectivity index (χ4v) is 3.07. The second-order valence-corrected chi connectivity index (χ2v) is 5.79. The number of nitrogens with zero attached hydrogens (tertiary/aromatic N) is 1. The summed E-state index contributed by atoms with van der Waals surface area (Å²) in [5.74, 6) is 1.93. The quantitative estimate of drug-likeness (QED) is 0.776. The van der Waals surface area contributed by atoms with Crippen molar-refractivity contribution in [3.8, 4) is 5.75 Å². The molecule has 0 bridgehead atoms. The minimum absolute atomic E-state index is 0.253. The van der Waals surface area contributed by atoms with Crippen molar-refractivity contribution in [2.75, 3.05) is 0 Å². The average molecular weight is 259 g/mol. The van der Waals surface area contributed by atoms with E-state index in [4.69, 9.17) is 5.73 Å². The number of aromatic amines is 1. The highest BCUT2D eigenvalue weighted by Crippen LogP contribution is 2.38. The van der Waals surface area contributed by atoms with E-state index in [1.807, 2.05) is 6.07 Å².